The number of methoxy groups -OCH3 is 1. The molecule has 2 atom stereocenters. The molecule has 0 radical (unpaired) electrons. The van der Waals surface area contributed by atoms with Crippen molar-refractivity contribution in [2.75, 3.05) is 32.6 Å². The van der Waals surface area contributed by atoms with E-state index in [0.717, 1.165) is 52.7 Å². The van der Waals surface area contributed by atoms with E-state index in [4.69, 9.17) is 15.0 Å². The largest absolute Gasteiger partial charge is 0.380 e. The standard InChI is InChI=1S/C29H33N5O2/c1-19(16-30)17-31-28-23(18-36-4)11-9-21-8-10-22(15-25(21)28)26-6-5-7-27(33-26)29(35)32-24-12-13-34(3)20(2)14-24/h5-11,15,20,24,31H,1,12-14,17-18H2,2-4H3,(H,32,35)/t20-,24?/m0/s1. The van der Waals surface area contributed by atoms with Gasteiger partial charge in [-0.3, -0.25) is 4.79 Å². The number of anilines is 1. The van der Waals surface area contributed by atoms with E-state index in [1.807, 2.05) is 30.3 Å². The quantitative estimate of drug-likeness (QED) is 0.449. The molecule has 2 N–H and O–H groups in total. The number of amides is 1. The zero-order valence-corrected chi connectivity index (χ0v) is 21.2. The summed E-state index contributed by atoms with van der Waals surface area (Å²) in [7, 11) is 3.78. The summed E-state index contributed by atoms with van der Waals surface area (Å²) in [6, 6.07) is 18.4. The van der Waals surface area contributed by atoms with Gasteiger partial charge in [-0.1, -0.05) is 36.9 Å². The number of carbonyl (C=O) groups is 1. The number of rotatable bonds is 8. The first-order valence-electron chi connectivity index (χ1n) is 12.2. The van der Waals surface area contributed by atoms with Gasteiger partial charge < -0.3 is 20.3 Å². The highest BCUT2D eigenvalue weighted by Crippen LogP contribution is 2.32. The average Bonchev–Trinajstić information content (AvgIpc) is 2.89. The minimum absolute atomic E-state index is 0.140. The van der Waals surface area contributed by atoms with Gasteiger partial charge in [-0.25, -0.2) is 4.98 Å². The maximum atomic E-state index is 13.0. The van der Waals surface area contributed by atoms with Crippen molar-refractivity contribution < 1.29 is 9.53 Å². The Morgan fingerprint density at radius 2 is 2.08 bits per heavy atom. The maximum absolute atomic E-state index is 13.0. The van der Waals surface area contributed by atoms with Gasteiger partial charge in [0.15, 0.2) is 0 Å². The Morgan fingerprint density at radius 3 is 2.83 bits per heavy atom. The van der Waals surface area contributed by atoms with Crippen molar-refractivity contribution in [1.82, 2.24) is 15.2 Å². The highest BCUT2D eigenvalue weighted by atomic mass is 16.5. The molecule has 3 aromatic rings. The molecule has 2 aromatic carbocycles. The molecule has 1 aliphatic heterocycles. The molecule has 186 valence electrons. The van der Waals surface area contributed by atoms with E-state index in [2.05, 4.69) is 54.3 Å². The number of carbonyl (C=O) groups excluding carboxylic acids is 1. The number of nitrogens with zero attached hydrogens (tertiary/aromatic N) is 3. The van der Waals surface area contributed by atoms with Gasteiger partial charge in [-0.05, 0) is 50.4 Å². The van der Waals surface area contributed by atoms with Crippen LogP contribution in [0, 0.1) is 11.3 Å². The summed E-state index contributed by atoms with van der Waals surface area (Å²) >= 11 is 0. The monoisotopic (exact) mass is 483 g/mol. The third-order valence-electron chi connectivity index (χ3n) is 6.87. The van der Waals surface area contributed by atoms with Crippen LogP contribution in [0.25, 0.3) is 22.0 Å². The molecular weight excluding hydrogens is 450 g/mol. The Bertz CT molecular complexity index is 1310. The van der Waals surface area contributed by atoms with Crippen molar-refractivity contribution in [3.63, 3.8) is 0 Å². The van der Waals surface area contributed by atoms with Gasteiger partial charge in [0.25, 0.3) is 5.91 Å². The molecule has 36 heavy (non-hydrogen) atoms. The van der Waals surface area contributed by atoms with Crippen molar-refractivity contribution in [3.8, 4) is 17.3 Å². The summed E-state index contributed by atoms with van der Waals surface area (Å²) in [4.78, 5) is 20.0. The highest BCUT2D eigenvalue weighted by Gasteiger charge is 2.24. The molecule has 0 bridgehead atoms. The second kappa shape index (κ2) is 11.3. The Kier molecular flexibility index (Phi) is 7.99. The molecule has 0 aliphatic carbocycles. The van der Waals surface area contributed by atoms with E-state index in [0.29, 0.717) is 30.5 Å². The predicted octanol–water partition coefficient (Wildman–Crippen LogP) is 4.75. The number of hydrogen-bond donors (Lipinski definition) is 2. The van der Waals surface area contributed by atoms with Gasteiger partial charge in [0.05, 0.1) is 18.4 Å². The van der Waals surface area contributed by atoms with Crippen molar-refractivity contribution in [2.24, 2.45) is 0 Å². The normalized spacial score (nSPS) is 17.9. The minimum atomic E-state index is -0.140. The molecule has 7 heteroatoms. The third kappa shape index (κ3) is 5.73. The van der Waals surface area contributed by atoms with Gasteiger partial charge in [-0.2, -0.15) is 5.26 Å². The number of nitrogens with one attached hydrogen (secondary N) is 2. The van der Waals surface area contributed by atoms with Crippen LogP contribution in [-0.2, 0) is 11.3 Å². The smallest absolute Gasteiger partial charge is 0.270 e. The van der Waals surface area contributed by atoms with Crippen LogP contribution in [0.5, 0.6) is 0 Å². The number of likely N-dealkylation sites (tertiary alicyclic amines) is 1. The Balaban J connectivity index is 1.63. The van der Waals surface area contributed by atoms with Crippen molar-refractivity contribution in [1.29, 1.82) is 5.26 Å². The Labute approximate surface area is 212 Å². The molecule has 4 rings (SSSR count). The molecular formula is C29H33N5O2. The molecule has 0 saturated carbocycles. The molecule has 1 amide bonds. The summed E-state index contributed by atoms with van der Waals surface area (Å²) in [6.07, 6.45) is 1.87. The number of fused-ring (bicyclic) bond motifs is 1. The SMILES string of the molecule is C=C(C#N)CNc1c(COC)ccc2ccc(-c3cccc(C(=O)NC4CCN(C)[C@@H](C)C4)n3)cc12. The summed E-state index contributed by atoms with van der Waals surface area (Å²) in [5.41, 5.74) is 4.38. The van der Waals surface area contributed by atoms with Crippen LogP contribution >= 0.6 is 0 Å². The van der Waals surface area contributed by atoms with Crippen molar-refractivity contribution >= 4 is 22.4 Å². The first kappa shape index (κ1) is 25.4. The van der Waals surface area contributed by atoms with Crippen molar-refractivity contribution in [3.05, 3.63) is 71.9 Å². The number of hydrogen-bond acceptors (Lipinski definition) is 6. The number of benzene rings is 2. The minimum Gasteiger partial charge on any atom is -0.380 e. The molecule has 1 aromatic heterocycles. The topological polar surface area (TPSA) is 90.3 Å². The number of piperidine rings is 1. The molecule has 1 fully saturated rings. The van der Waals surface area contributed by atoms with Crippen LogP contribution < -0.4 is 10.6 Å². The summed E-state index contributed by atoms with van der Waals surface area (Å²) < 4.78 is 5.40. The molecule has 1 saturated heterocycles. The van der Waals surface area contributed by atoms with E-state index < -0.39 is 0 Å². The zero-order chi connectivity index (χ0) is 25.7. The maximum Gasteiger partial charge on any atom is 0.270 e. The average molecular weight is 484 g/mol. The molecule has 1 aliphatic rings. The zero-order valence-electron chi connectivity index (χ0n) is 21.2. The first-order valence-corrected chi connectivity index (χ1v) is 12.2. The van der Waals surface area contributed by atoms with Crippen LogP contribution in [0.1, 0.15) is 35.8 Å². The lowest BCUT2D eigenvalue weighted by Crippen LogP contribution is -2.47. The fraction of sp³-hybridized carbons (Fsp3) is 0.345. The van der Waals surface area contributed by atoms with Crippen LogP contribution in [0.4, 0.5) is 5.69 Å². The van der Waals surface area contributed by atoms with E-state index in [1.54, 1.807) is 13.2 Å². The second-order valence-corrected chi connectivity index (χ2v) is 9.47. The molecule has 7 nitrogen and oxygen atoms in total. The predicted molar refractivity (Wildman–Crippen MR) is 144 cm³/mol. The van der Waals surface area contributed by atoms with Gasteiger partial charge in [0, 0.05) is 60.1 Å². The van der Waals surface area contributed by atoms with Gasteiger partial charge in [0.2, 0.25) is 0 Å². The summed E-state index contributed by atoms with van der Waals surface area (Å²) in [5, 5.41) is 17.7. The van der Waals surface area contributed by atoms with E-state index in [-0.39, 0.29) is 11.9 Å². The Morgan fingerprint density at radius 1 is 1.28 bits per heavy atom. The molecule has 2 heterocycles. The lowest BCUT2D eigenvalue weighted by Gasteiger charge is -2.35. The van der Waals surface area contributed by atoms with Crippen LogP contribution in [-0.4, -0.2) is 55.1 Å². The van der Waals surface area contributed by atoms with Crippen LogP contribution in [0.3, 0.4) is 0 Å². The fourth-order valence-corrected chi connectivity index (χ4v) is 4.65. The van der Waals surface area contributed by atoms with E-state index in [1.165, 1.54) is 0 Å². The number of ether oxygens (including phenoxy) is 1. The van der Waals surface area contributed by atoms with E-state index >= 15 is 0 Å². The number of aromatic nitrogens is 1. The lowest BCUT2D eigenvalue weighted by molar-refractivity contribution is 0.0891. The number of pyridine rings is 1. The van der Waals surface area contributed by atoms with Crippen LogP contribution in [0.2, 0.25) is 0 Å². The lowest BCUT2D eigenvalue weighted by atomic mass is 9.98. The van der Waals surface area contributed by atoms with E-state index in [9.17, 15) is 4.79 Å². The second-order valence-electron chi connectivity index (χ2n) is 9.47. The third-order valence-corrected chi connectivity index (χ3v) is 6.87. The van der Waals surface area contributed by atoms with Crippen LogP contribution in [0.15, 0.2) is 60.7 Å². The Hall–Kier alpha value is -3.73. The molecule has 0 spiro atoms. The fourth-order valence-electron chi connectivity index (χ4n) is 4.65. The van der Waals surface area contributed by atoms with Gasteiger partial charge in [-0.15, -0.1) is 0 Å². The summed E-state index contributed by atoms with van der Waals surface area (Å²) in [6.45, 7) is 7.72. The number of nitriles is 1. The van der Waals surface area contributed by atoms with Gasteiger partial charge in [0.1, 0.15) is 5.69 Å². The van der Waals surface area contributed by atoms with Crippen molar-refractivity contribution in [2.45, 2.75) is 38.5 Å². The molecule has 1 unspecified atom stereocenters. The summed E-state index contributed by atoms with van der Waals surface area (Å²) in [5.74, 6) is -0.140. The highest BCUT2D eigenvalue weighted by molar-refractivity contribution is 5.98. The van der Waals surface area contributed by atoms with Gasteiger partial charge >= 0.3 is 0 Å². The first-order chi connectivity index (χ1) is 17.4.